The monoisotopic (exact) mass is 157 g/mol. The third-order valence-electron chi connectivity index (χ3n) is 0.987. The first kappa shape index (κ1) is 7.36. The van der Waals surface area contributed by atoms with Gasteiger partial charge in [0, 0.05) is 0 Å². The molecule has 0 aromatic rings. The van der Waals surface area contributed by atoms with Crippen LogP contribution >= 0.6 is 0 Å². The van der Waals surface area contributed by atoms with E-state index in [2.05, 4.69) is 5.23 Å². The molecule has 3 N–H and O–H groups in total. The molecule has 0 atom stereocenters. The molecule has 1 heterocycles. The quantitative estimate of drug-likeness (QED) is 0.472. The van der Waals surface area contributed by atoms with Crippen LogP contribution < -0.4 is 10.4 Å². The van der Waals surface area contributed by atoms with E-state index in [-0.39, 0.29) is 5.03 Å². The van der Waals surface area contributed by atoms with Crippen LogP contribution in [0.3, 0.4) is 0 Å². The van der Waals surface area contributed by atoms with Gasteiger partial charge in [-0.3, -0.25) is 0 Å². The molecule has 4 nitrogen and oxygen atoms in total. The molecule has 0 aliphatic carbocycles. The second-order valence-electron chi connectivity index (χ2n) is 1.77. The number of hydrogen-bond donors (Lipinski definition) is 2. The molecular weight excluding hydrogens is 151 g/mol. The largest absolute Gasteiger partial charge is 0.418 e. The van der Waals surface area contributed by atoms with Crippen LogP contribution in [0.2, 0.25) is 0 Å². The number of rotatable bonds is 1. The number of nitrogens with two attached hydrogens (primary N) is 1. The highest BCUT2D eigenvalue weighted by Gasteiger charge is 2.10. The van der Waals surface area contributed by atoms with Crippen molar-refractivity contribution in [2.24, 2.45) is 5.14 Å². The van der Waals surface area contributed by atoms with Gasteiger partial charge in [0.05, 0.1) is 0 Å². The van der Waals surface area contributed by atoms with Crippen molar-refractivity contribution >= 4 is 17.4 Å². The van der Waals surface area contributed by atoms with Crippen LogP contribution in [0.15, 0.2) is 23.2 Å². The Balaban J connectivity index is 2.93. The smallest absolute Gasteiger partial charge is 0.274 e. The van der Waals surface area contributed by atoms with Gasteiger partial charge in [0.2, 0.25) is 0 Å². The molecule has 0 fully saturated rings. The molecule has 0 spiro atoms. The number of sulfonamides is 1. The molecule has 1 radical (unpaired) electrons. The average molecular weight is 157 g/mol. The van der Waals surface area contributed by atoms with E-state index >= 15 is 0 Å². The summed E-state index contributed by atoms with van der Waals surface area (Å²) in [5.41, 5.74) is 0. The third kappa shape index (κ3) is 1.62. The van der Waals surface area contributed by atoms with E-state index in [4.69, 9.17) is 5.14 Å². The molecule has 53 valence electrons. The van der Waals surface area contributed by atoms with E-state index in [0.29, 0.717) is 0 Å². The number of nitrogens with one attached hydrogen (secondary N) is 1. The fraction of sp³-hybridized carbons (Fsp3) is 0. The maximum absolute atomic E-state index is 10.6. The van der Waals surface area contributed by atoms with Gasteiger partial charge in [-0.1, -0.05) is 12.1 Å². The van der Waals surface area contributed by atoms with Gasteiger partial charge in [-0.25, -0.2) is 13.6 Å². The number of primary sulfonamides is 1. The molecule has 0 bridgehead atoms. The molecule has 0 amide bonds. The van der Waals surface area contributed by atoms with Gasteiger partial charge >= 0.3 is 0 Å². The highest BCUT2D eigenvalue weighted by Crippen LogP contribution is 1.99. The predicted octanol–water partition coefficient (Wildman–Crippen LogP) is -1.15. The fourth-order valence-corrected chi connectivity index (χ4v) is 1.05. The Kier molecular flexibility index (Phi) is 1.82. The van der Waals surface area contributed by atoms with Crippen LogP contribution in [-0.2, 0) is 10.0 Å². The molecule has 0 saturated heterocycles. The van der Waals surface area contributed by atoms with E-state index in [1.165, 1.54) is 13.5 Å². The summed E-state index contributed by atoms with van der Waals surface area (Å²) >= 11 is 0. The molecule has 1 aliphatic rings. The first-order valence-corrected chi connectivity index (χ1v) is 4.15. The molecule has 1 rings (SSSR count). The van der Waals surface area contributed by atoms with Gasteiger partial charge in [0.15, 0.2) is 0 Å². The average Bonchev–Trinajstić information content (AvgIpc) is 1.88. The van der Waals surface area contributed by atoms with Crippen molar-refractivity contribution in [3.63, 3.8) is 0 Å². The van der Waals surface area contributed by atoms with E-state index < -0.39 is 10.0 Å². The van der Waals surface area contributed by atoms with Crippen molar-refractivity contribution in [2.45, 2.75) is 0 Å². The Bertz CT molecular complexity index is 280. The van der Waals surface area contributed by atoms with Crippen LogP contribution in [0.1, 0.15) is 0 Å². The Hall–Kier alpha value is -0.745. The summed E-state index contributed by atoms with van der Waals surface area (Å²) in [6.07, 6.45) is 2.99. The van der Waals surface area contributed by atoms with E-state index in [9.17, 15) is 8.42 Å². The molecule has 6 heteroatoms. The minimum absolute atomic E-state index is 0.0231. The third-order valence-corrected chi connectivity index (χ3v) is 1.85. The molecule has 0 saturated carbocycles. The summed E-state index contributed by atoms with van der Waals surface area (Å²) in [6, 6.07) is 0. The Morgan fingerprint density at radius 3 is 2.60 bits per heavy atom. The Morgan fingerprint density at radius 1 is 1.60 bits per heavy atom. The maximum atomic E-state index is 10.6. The molecule has 1 aliphatic heterocycles. The zero-order valence-corrected chi connectivity index (χ0v) is 5.93. The Labute approximate surface area is 60.1 Å². The summed E-state index contributed by atoms with van der Waals surface area (Å²) in [7, 11) is -2.06. The second kappa shape index (κ2) is 2.47. The van der Waals surface area contributed by atoms with Crippen molar-refractivity contribution in [3.8, 4) is 0 Å². The SMILES string of the molecule is NS(=O)(=O)C1=CC=C[B]N1. The summed E-state index contributed by atoms with van der Waals surface area (Å²) in [5, 5.41) is 7.32. The van der Waals surface area contributed by atoms with Gasteiger partial charge in [0.25, 0.3) is 17.4 Å². The fourth-order valence-electron chi connectivity index (χ4n) is 0.554. The molecule has 0 aromatic heterocycles. The summed E-state index contributed by atoms with van der Waals surface area (Å²) in [4.78, 5) is 0. The Morgan fingerprint density at radius 2 is 2.30 bits per heavy atom. The lowest BCUT2D eigenvalue weighted by atomic mass is 9.93. The lowest BCUT2D eigenvalue weighted by Crippen LogP contribution is -2.29. The van der Waals surface area contributed by atoms with Crippen molar-refractivity contribution < 1.29 is 8.42 Å². The van der Waals surface area contributed by atoms with Crippen LogP contribution in [0.25, 0.3) is 0 Å². The van der Waals surface area contributed by atoms with Gasteiger partial charge in [-0.15, -0.1) is 0 Å². The predicted molar refractivity (Wildman–Crippen MR) is 39.2 cm³/mol. The topological polar surface area (TPSA) is 72.2 Å². The number of hydrogen-bond acceptors (Lipinski definition) is 3. The van der Waals surface area contributed by atoms with Crippen LogP contribution in [0, 0.1) is 0 Å². The van der Waals surface area contributed by atoms with Gasteiger partial charge in [-0.05, 0) is 6.08 Å². The van der Waals surface area contributed by atoms with Crippen LogP contribution in [-0.4, -0.2) is 15.8 Å². The minimum Gasteiger partial charge on any atom is -0.418 e. The first-order chi connectivity index (χ1) is 4.61. The molecule has 0 unspecified atom stereocenters. The second-order valence-corrected chi connectivity index (χ2v) is 3.30. The van der Waals surface area contributed by atoms with E-state index in [1.807, 2.05) is 0 Å². The number of allylic oxidation sites excluding steroid dienone is 2. The van der Waals surface area contributed by atoms with Crippen LogP contribution in [0.4, 0.5) is 0 Å². The highest BCUT2D eigenvalue weighted by molar-refractivity contribution is 7.93. The zero-order chi connectivity index (χ0) is 7.61. The normalized spacial score (nSPS) is 17.1. The van der Waals surface area contributed by atoms with E-state index in [1.54, 1.807) is 12.1 Å². The maximum Gasteiger partial charge on any atom is 0.274 e. The van der Waals surface area contributed by atoms with E-state index in [0.717, 1.165) is 0 Å². The molecule has 0 aromatic carbocycles. The van der Waals surface area contributed by atoms with Crippen molar-refractivity contribution in [3.05, 3.63) is 23.2 Å². The van der Waals surface area contributed by atoms with Gasteiger partial charge in [-0.2, -0.15) is 0 Å². The summed E-state index contributed by atoms with van der Waals surface area (Å²) in [5.74, 6) is 1.68. The lowest BCUT2D eigenvalue weighted by Gasteiger charge is -2.07. The van der Waals surface area contributed by atoms with Gasteiger partial charge < -0.3 is 5.23 Å². The molecular formula is C4H6BN2O2S. The van der Waals surface area contributed by atoms with Crippen LogP contribution in [0.5, 0.6) is 0 Å². The zero-order valence-electron chi connectivity index (χ0n) is 5.11. The summed E-state index contributed by atoms with van der Waals surface area (Å²) < 4.78 is 21.2. The lowest BCUT2D eigenvalue weighted by molar-refractivity contribution is 0.602. The van der Waals surface area contributed by atoms with Crippen molar-refractivity contribution in [1.29, 1.82) is 0 Å². The minimum atomic E-state index is -3.56. The van der Waals surface area contributed by atoms with Crippen molar-refractivity contribution in [2.75, 3.05) is 0 Å². The molecule has 10 heavy (non-hydrogen) atoms. The standard InChI is InChI=1S/C4H6BN2O2S/c6-10(8,9)4-2-1-3-5-7-4/h1-3,7H,(H2,6,8,9). The van der Waals surface area contributed by atoms with Gasteiger partial charge in [0.1, 0.15) is 5.03 Å². The first-order valence-electron chi connectivity index (χ1n) is 2.60. The highest BCUT2D eigenvalue weighted by atomic mass is 32.2. The summed E-state index contributed by atoms with van der Waals surface area (Å²) in [6.45, 7) is 0. The van der Waals surface area contributed by atoms with Crippen molar-refractivity contribution in [1.82, 2.24) is 5.23 Å².